The second kappa shape index (κ2) is 9.78. The van der Waals surface area contributed by atoms with Gasteiger partial charge >= 0.3 is 5.97 Å². The van der Waals surface area contributed by atoms with Crippen LogP contribution in [0.4, 0.5) is 0 Å². The highest BCUT2D eigenvalue weighted by atomic mass is 32.2. The van der Waals surface area contributed by atoms with Gasteiger partial charge in [0.1, 0.15) is 11.8 Å². The van der Waals surface area contributed by atoms with E-state index in [4.69, 9.17) is 4.74 Å². The molecular weight excluding hydrogens is 492 g/mol. The van der Waals surface area contributed by atoms with Crippen molar-refractivity contribution in [3.63, 3.8) is 0 Å². The highest BCUT2D eigenvalue weighted by Gasteiger charge is 2.43. The van der Waals surface area contributed by atoms with E-state index in [1.807, 2.05) is 0 Å². The maximum absolute atomic E-state index is 13.4. The summed E-state index contributed by atoms with van der Waals surface area (Å²) in [5.41, 5.74) is 0. The van der Waals surface area contributed by atoms with Gasteiger partial charge in [0.25, 0.3) is 0 Å². The molecule has 4 rings (SSSR count). The van der Waals surface area contributed by atoms with Crippen molar-refractivity contribution in [2.75, 3.05) is 13.7 Å². The molecule has 1 aliphatic rings. The van der Waals surface area contributed by atoms with E-state index in [0.717, 1.165) is 4.31 Å². The summed E-state index contributed by atoms with van der Waals surface area (Å²) in [5.74, 6) is -1.02. The molecule has 0 amide bonds. The summed E-state index contributed by atoms with van der Waals surface area (Å²) in [7, 11) is -7.04. The molecule has 1 heterocycles. The summed E-state index contributed by atoms with van der Waals surface area (Å²) < 4.78 is 61.9. The van der Waals surface area contributed by atoms with Gasteiger partial charge < -0.3 is 9.84 Å². The van der Waals surface area contributed by atoms with E-state index in [-0.39, 0.29) is 22.8 Å². The Morgan fingerprint density at radius 3 is 2.34 bits per heavy atom. The number of ether oxygens (including phenoxy) is 1. The third kappa shape index (κ3) is 4.94. The Bertz CT molecular complexity index is 1480. The lowest BCUT2D eigenvalue weighted by Crippen LogP contribution is -2.56. The lowest BCUT2D eigenvalue weighted by molar-refractivity contribution is -0.142. The molecular formula is C24H24N2O7S2. The van der Waals surface area contributed by atoms with Gasteiger partial charge in [0, 0.05) is 11.9 Å². The van der Waals surface area contributed by atoms with Crippen molar-refractivity contribution in [3.8, 4) is 5.75 Å². The van der Waals surface area contributed by atoms with Crippen molar-refractivity contribution in [1.82, 2.24) is 9.03 Å². The van der Waals surface area contributed by atoms with Crippen molar-refractivity contribution in [1.29, 1.82) is 0 Å². The number of methoxy groups -OCH3 is 1. The highest BCUT2D eigenvalue weighted by Crippen LogP contribution is 2.27. The molecule has 184 valence electrons. The molecule has 11 heteroatoms. The maximum Gasteiger partial charge on any atom is 0.323 e. The van der Waals surface area contributed by atoms with E-state index in [9.17, 15) is 26.7 Å². The normalized spacial score (nSPS) is 19.3. The topological polar surface area (TPSA) is 130 Å². The van der Waals surface area contributed by atoms with Crippen molar-refractivity contribution >= 4 is 36.8 Å². The van der Waals surface area contributed by atoms with Crippen molar-refractivity contribution in [2.45, 2.75) is 28.3 Å². The number of nitrogens with one attached hydrogen (secondary N) is 1. The van der Waals surface area contributed by atoms with Crippen LogP contribution < -0.4 is 9.46 Å². The quantitative estimate of drug-likeness (QED) is 0.462. The Balaban J connectivity index is 1.73. The Kier molecular flexibility index (Phi) is 6.95. The molecule has 0 bridgehead atoms. The zero-order chi connectivity index (χ0) is 25.2. The van der Waals surface area contributed by atoms with Crippen LogP contribution in [0.5, 0.6) is 5.75 Å². The highest BCUT2D eigenvalue weighted by molar-refractivity contribution is 7.90. The molecule has 35 heavy (non-hydrogen) atoms. The third-order valence-electron chi connectivity index (χ3n) is 5.80. The van der Waals surface area contributed by atoms with E-state index in [0.29, 0.717) is 16.5 Å². The first kappa shape index (κ1) is 24.9. The van der Waals surface area contributed by atoms with Gasteiger partial charge in [0.05, 0.1) is 22.9 Å². The number of nitrogens with zero attached hydrogens (tertiary/aromatic N) is 1. The molecule has 0 saturated carbocycles. The lowest BCUT2D eigenvalue weighted by atomic mass is 10.1. The monoisotopic (exact) mass is 516 g/mol. The second-order valence-corrected chi connectivity index (χ2v) is 11.5. The minimum absolute atomic E-state index is 0.00437. The van der Waals surface area contributed by atoms with Crippen LogP contribution in [0.3, 0.4) is 0 Å². The van der Waals surface area contributed by atoms with Crippen LogP contribution in [0, 0.1) is 0 Å². The number of sulfonamides is 2. The van der Waals surface area contributed by atoms with Crippen molar-refractivity contribution in [2.24, 2.45) is 0 Å². The number of rotatable bonds is 7. The molecule has 9 nitrogen and oxygen atoms in total. The molecule has 2 N–H and O–H groups in total. The third-order valence-corrected chi connectivity index (χ3v) is 9.21. The van der Waals surface area contributed by atoms with Crippen LogP contribution in [0.2, 0.25) is 0 Å². The smallest absolute Gasteiger partial charge is 0.323 e. The van der Waals surface area contributed by atoms with Crippen LogP contribution >= 0.6 is 0 Å². The fourth-order valence-electron chi connectivity index (χ4n) is 4.10. The fourth-order valence-corrected chi connectivity index (χ4v) is 7.15. The number of carbonyl (C=O) groups is 1. The summed E-state index contributed by atoms with van der Waals surface area (Å²) in [4.78, 5) is 12.2. The van der Waals surface area contributed by atoms with Crippen LogP contribution in [-0.2, 0) is 24.8 Å². The zero-order valence-corrected chi connectivity index (χ0v) is 20.4. The number of carboxylic acid groups (broad SMARTS) is 1. The molecule has 1 aliphatic heterocycles. The van der Waals surface area contributed by atoms with Gasteiger partial charge in [0.2, 0.25) is 20.0 Å². The first-order valence-corrected chi connectivity index (χ1v) is 13.6. The number of benzene rings is 3. The SMILES string of the molecule is COc1ccc(S(=O)(=O)N2CC=CCC(NS(=O)(=O)c3cccc4ccccc34)C2C(=O)O)cc1. The van der Waals surface area contributed by atoms with Gasteiger partial charge in [-0.25, -0.2) is 21.6 Å². The van der Waals surface area contributed by atoms with Gasteiger partial charge in [-0.1, -0.05) is 48.6 Å². The molecule has 2 unspecified atom stereocenters. The standard InChI is InChI=1S/C24H24N2O7S2/c1-33-18-12-14-19(15-13-18)35(31,32)26-16-5-4-10-21(23(26)24(27)28)25-34(29,30)22-11-6-8-17-7-2-3-9-20(17)22/h2-9,11-15,21,23,25H,10,16H2,1H3,(H,27,28). The summed E-state index contributed by atoms with van der Waals surface area (Å²) in [6.07, 6.45) is 3.09. The largest absolute Gasteiger partial charge is 0.497 e. The van der Waals surface area contributed by atoms with Gasteiger partial charge in [0.15, 0.2) is 0 Å². The van der Waals surface area contributed by atoms with Crippen molar-refractivity contribution in [3.05, 3.63) is 78.9 Å². The van der Waals surface area contributed by atoms with Gasteiger partial charge in [-0.2, -0.15) is 4.31 Å². The first-order valence-electron chi connectivity index (χ1n) is 10.7. The second-order valence-electron chi connectivity index (χ2n) is 7.95. The number of hydrogen-bond donors (Lipinski definition) is 2. The molecule has 0 aromatic heterocycles. The van der Waals surface area contributed by atoms with Gasteiger partial charge in [-0.3, -0.25) is 4.79 Å². The number of fused-ring (bicyclic) bond motifs is 1. The van der Waals surface area contributed by atoms with Crippen LogP contribution in [0.15, 0.2) is 88.7 Å². The number of carboxylic acids is 1. The average Bonchev–Trinajstić information content (AvgIpc) is 3.06. The molecule has 0 saturated heterocycles. The van der Waals surface area contributed by atoms with E-state index in [2.05, 4.69) is 4.72 Å². The van der Waals surface area contributed by atoms with Gasteiger partial charge in [-0.15, -0.1) is 0 Å². The predicted octanol–water partition coefficient (Wildman–Crippen LogP) is 2.60. The maximum atomic E-state index is 13.4. The van der Waals surface area contributed by atoms with Crippen molar-refractivity contribution < 1.29 is 31.5 Å². The molecule has 0 fully saturated rings. The molecule has 0 spiro atoms. The predicted molar refractivity (Wildman–Crippen MR) is 130 cm³/mol. The number of aliphatic carboxylic acids is 1. The van der Waals surface area contributed by atoms with Crippen LogP contribution in [0.25, 0.3) is 10.8 Å². The molecule has 2 atom stereocenters. The van der Waals surface area contributed by atoms with Crippen LogP contribution in [0.1, 0.15) is 6.42 Å². The summed E-state index contributed by atoms with van der Waals surface area (Å²) >= 11 is 0. The minimum Gasteiger partial charge on any atom is -0.497 e. The Morgan fingerprint density at radius 2 is 1.66 bits per heavy atom. The lowest BCUT2D eigenvalue weighted by Gasteiger charge is -2.31. The Labute approximate surface area is 203 Å². The zero-order valence-electron chi connectivity index (χ0n) is 18.7. The summed E-state index contributed by atoms with van der Waals surface area (Å²) in [6, 6.07) is 14.3. The molecule has 0 radical (unpaired) electrons. The number of hydrogen-bond acceptors (Lipinski definition) is 6. The fraction of sp³-hybridized carbons (Fsp3) is 0.208. The van der Waals surface area contributed by atoms with E-state index in [1.54, 1.807) is 42.5 Å². The molecule has 0 aliphatic carbocycles. The van der Waals surface area contributed by atoms with Crippen LogP contribution in [-0.4, -0.2) is 58.0 Å². The van der Waals surface area contributed by atoms with E-state index in [1.165, 1.54) is 43.5 Å². The minimum atomic E-state index is -4.28. The Hall–Kier alpha value is -3.25. The summed E-state index contributed by atoms with van der Waals surface area (Å²) in [6.45, 7) is -0.224. The summed E-state index contributed by atoms with van der Waals surface area (Å²) in [5, 5.41) is 11.2. The molecule has 3 aromatic rings. The van der Waals surface area contributed by atoms with E-state index >= 15 is 0 Å². The average molecular weight is 517 g/mol. The Morgan fingerprint density at radius 1 is 0.971 bits per heavy atom. The van der Waals surface area contributed by atoms with Gasteiger partial charge in [-0.05, 0) is 42.1 Å². The first-order chi connectivity index (χ1) is 16.6. The molecule has 3 aromatic carbocycles. The van der Waals surface area contributed by atoms with E-state index < -0.39 is 38.1 Å².